The molecule has 2 unspecified atom stereocenters. The maximum atomic E-state index is 11.4. The first-order chi connectivity index (χ1) is 11.6. The van der Waals surface area contributed by atoms with Crippen LogP contribution in [0.1, 0.15) is 29.3 Å². The highest BCUT2D eigenvalue weighted by Crippen LogP contribution is 2.38. The van der Waals surface area contributed by atoms with E-state index in [-0.39, 0.29) is 12.0 Å². The Balaban J connectivity index is 1.97. The number of nitrogens with zero attached hydrogens (tertiary/aromatic N) is 1. The van der Waals surface area contributed by atoms with Gasteiger partial charge in [0.15, 0.2) is 0 Å². The highest BCUT2D eigenvalue weighted by Gasteiger charge is 2.32. The van der Waals surface area contributed by atoms with E-state index in [9.17, 15) is 9.90 Å². The summed E-state index contributed by atoms with van der Waals surface area (Å²) in [7, 11) is 1.65. The second-order valence-electron chi connectivity index (χ2n) is 5.99. The molecule has 24 heavy (non-hydrogen) atoms. The van der Waals surface area contributed by atoms with Crippen LogP contribution in [0, 0.1) is 5.92 Å². The maximum absolute atomic E-state index is 11.4. The van der Waals surface area contributed by atoms with Crippen LogP contribution in [0.2, 0.25) is 4.34 Å². The van der Waals surface area contributed by atoms with Crippen molar-refractivity contribution in [3.63, 3.8) is 0 Å². The molecule has 0 spiro atoms. The zero-order valence-corrected chi connectivity index (χ0v) is 15.0. The first-order valence-electron chi connectivity index (χ1n) is 7.94. The number of hydrogen-bond acceptors (Lipinski definition) is 4. The van der Waals surface area contributed by atoms with Crippen molar-refractivity contribution < 1.29 is 14.6 Å². The fourth-order valence-electron chi connectivity index (χ4n) is 3.28. The van der Waals surface area contributed by atoms with E-state index in [4.69, 9.17) is 16.3 Å². The summed E-state index contributed by atoms with van der Waals surface area (Å²) in [5.74, 6) is -0.234. The zero-order chi connectivity index (χ0) is 17.1. The van der Waals surface area contributed by atoms with Crippen LogP contribution in [0.5, 0.6) is 5.75 Å². The number of methoxy groups -OCH3 is 1. The standard InChI is InChI=1S/C18H20ClNO3S/c1-23-14-6-2-4-12(10-14)17(15-7-8-16(19)24-15)20-9-3-5-13(11-20)18(21)22/h2,4,6-8,10,13,17H,3,5,9,11H2,1H3,(H,21,22). The van der Waals surface area contributed by atoms with E-state index in [1.54, 1.807) is 18.4 Å². The van der Waals surface area contributed by atoms with Crippen LogP contribution in [0.4, 0.5) is 0 Å². The summed E-state index contributed by atoms with van der Waals surface area (Å²) in [5, 5.41) is 9.40. The molecule has 128 valence electrons. The van der Waals surface area contributed by atoms with E-state index in [0.717, 1.165) is 39.9 Å². The fourth-order valence-corrected chi connectivity index (χ4v) is 4.51. The number of benzene rings is 1. The molecular formula is C18H20ClNO3S. The third-order valence-corrected chi connectivity index (χ3v) is 5.72. The van der Waals surface area contributed by atoms with Crippen molar-refractivity contribution in [2.75, 3.05) is 20.2 Å². The van der Waals surface area contributed by atoms with Crippen LogP contribution in [0.15, 0.2) is 36.4 Å². The first kappa shape index (κ1) is 17.3. The average molecular weight is 366 g/mol. The average Bonchev–Trinajstić information content (AvgIpc) is 3.01. The predicted octanol–water partition coefficient (Wildman–Crippen LogP) is 4.30. The lowest BCUT2D eigenvalue weighted by Crippen LogP contribution is -2.41. The van der Waals surface area contributed by atoms with Gasteiger partial charge in [0, 0.05) is 11.4 Å². The molecule has 1 aliphatic rings. The van der Waals surface area contributed by atoms with Crippen LogP contribution in [-0.2, 0) is 4.79 Å². The molecular weight excluding hydrogens is 346 g/mol. The van der Waals surface area contributed by atoms with Crippen molar-refractivity contribution in [3.05, 3.63) is 51.2 Å². The van der Waals surface area contributed by atoms with Gasteiger partial charge in [-0.25, -0.2) is 0 Å². The van der Waals surface area contributed by atoms with Crippen LogP contribution in [0.3, 0.4) is 0 Å². The monoisotopic (exact) mass is 365 g/mol. The van der Waals surface area contributed by atoms with Crippen LogP contribution < -0.4 is 4.74 Å². The summed E-state index contributed by atoms with van der Waals surface area (Å²) in [6.45, 7) is 1.42. The summed E-state index contributed by atoms with van der Waals surface area (Å²) in [6, 6.07) is 11.9. The van der Waals surface area contributed by atoms with Gasteiger partial charge in [-0.05, 0) is 49.2 Å². The van der Waals surface area contributed by atoms with E-state index < -0.39 is 5.97 Å². The third-order valence-electron chi connectivity index (χ3n) is 4.44. The molecule has 0 bridgehead atoms. The van der Waals surface area contributed by atoms with E-state index in [1.807, 2.05) is 30.3 Å². The minimum Gasteiger partial charge on any atom is -0.497 e. The zero-order valence-electron chi connectivity index (χ0n) is 13.4. The van der Waals surface area contributed by atoms with E-state index in [2.05, 4.69) is 11.0 Å². The molecule has 0 amide bonds. The Morgan fingerprint density at radius 2 is 2.25 bits per heavy atom. The van der Waals surface area contributed by atoms with Gasteiger partial charge >= 0.3 is 5.97 Å². The van der Waals surface area contributed by atoms with Gasteiger partial charge in [0.1, 0.15) is 5.75 Å². The number of piperidine rings is 1. The third kappa shape index (κ3) is 3.74. The number of hydrogen-bond donors (Lipinski definition) is 1. The SMILES string of the molecule is COc1cccc(C(c2ccc(Cl)s2)N2CCCC(C(=O)O)C2)c1. The molecule has 1 fully saturated rings. The number of ether oxygens (including phenoxy) is 1. The van der Waals surface area contributed by atoms with Gasteiger partial charge in [-0.3, -0.25) is 9.69 Å². The Kier molecular flexibility index (Phi) is 5.43. The summed E-state index contributed by atoms with van der Waals surface area (Å²) in [4.78, 5) is 14.8. The van der Waals surface area contributed by atoms with E-state index >= 15 is 0 Å². The molecule has 1 N–H and O–H groups in total. The number of carboxylic acid groups (broad SMARTS) is 1. The number of thiophene rings is 1. The molecule has 3 rings (SSSR count). The van der Waals surface area contributed by atoms with Crippen LogP contribution in [-0.4, -0.2) is 36.2 Å². The normalized spacial score (nSPS) is 19.8. The molecule has 0 saturated carbocycles. The maximum Gasteiger partial charge on any atom is 0.307 e. The Bertz CT molecular complexity index is 718. The predicted molar refractivity (Wildman–Crippen MR) is 96.1 cm³/mol. The molecule has 0 aliphatic carbocycles. The molecule has 2 aromatic rings. The first-order valence-corrected chi connectivity index (χ1v) is 9.14. The van der Waals surface area contributed by atoms with Gasteiger partial charge in [-0.15, -0.1) is 11.3 Å². The minimum absolute atomic E-state index is 0.000231. The Morgan fingerprint density at radius 3 is 2.92 bits per heavy atom. The van der Waals surface area contributed by atoms with Gasteiger partial charge in [-0.1, -0.05) is 23.7 Å². The van der Waals surface area contributed by atoms with E-state index in [1.165, 1.54) is 0 Å². The fraction of sp³-hybridized carbons (Fsp3) is 0.389. The van der Waals surface area contributed by atoms with Crippen LogP contribution in [0.25, 0.3) is 0 Å². The number of rotatable bonds is 5. The molecule has 1 aromatic heterocycles. The number of carbonyl (C=O) groups is 1. The van der Waals surface area contributed by atoms with Crippen molar-refractivity contribution >= 4 is 28.9 Å². The highest BCUT2D eigenvalue weighted by atomic mass is 35.5. The number of aliphatic carboxylic acids is 1. The number of likely N-dealkylation sites (tertiary alicyclic amines) is 1. The Hall–Kier alpha value is -1.56. The second-order valence-corrected chi connectivity index (χ2v) is 7.74. The molecule has 2 atom stereocenters. The van der Waals surface area contributed by atoms with Crippen molar-refractivity contribution in [1.29, 1.82) is 0 Å². The summed E-state index contributed by atoms with van der Waals surface area (Å²) in [6.07, 6.45) is 1.62. The van der Waals surface area contributed by atoms with Crippen LogP contribution >= 0.6 is 22.9 Å². The lowest BCUT2D eigenvalue weighted by molar-refractivity contribution is -0.143. The van der Waals surface area contributed by atoms with Crippen molar-refractivity contribution in [2.45, 2.75) is 18.9 Å². The Morgan fingerprint density at radius 1 is 1.42 bits per heavy atom. The van der Waals surface area contributed by atoms with Crippen molar-refractivity contribution in [2.24, 2.45) is 5.92 Å². The second kappa shape index (κ2) is 7.55. The van der Waals surface area contributed by atoms with Gasteiger partial charge in [0.2, 0.25) is 0 Å². The highest BCUT2D eigenvalue weighted by molar-refractivity contribution is 7.16. The van der Waals surface area contributed by atoms with Gasteiger partial charge in [-0.2, -0.15) is 0 Å². The molecule has 0 radical (unpaired) electrons. The van der Waals surface area contributed by atoms with Gasteiger partial charge < -0.3 is 9.84 Å². The topological polar surface area (TPSA) is 49.8 Å². The molecule has 2 heterocycles. The lowest BCUT2D eigenvalue weighted by atomic mass is 9.94. The smallest absolute Gasteiger partial charge is 0.307 e. The van der Waals surface area contributed by atoms with Crippen molar-refractivity contribution in [3.8, 4) is 5.75 Å². The minimum atomic E-state index is -0.715. The molecule has 1 saturated heterocycles. The molecule has 1 aromatic carbocycles. The summed E-state index contributed by atoms with van der Waals surface area (Å²) < 4.78 is 6.10. The summed E-state index contributed by atoms with van der Waals surface area (Å²) in [5.41, 5.74) is 1.10. The van der Waals surface area contributed by atoms with Crippen molar-refractivity contribution in [1.82, 2.24) is 4.90 Å². The number of halogens is 1. The summed E-state index contributed by atoms with van der Waals surface area (Å²) >= 11 is 7.69. The van der Waals surface area contributed by atoms with Gasteiger partial charge in [0.25, 0.3) is 0 Å². The van der Waals surface area contributed by atoms with Gasteiger partial charge in [0.05, 0.1) is 23.4 Å². The Labute approximate surface area is 150 Å². The largest absolute Gasteiger partial charge is 0.497 e. The lowest BCUT2D eigenvalue weighted by Gasteiger charge is -2.37. The number of carboxylic acids is 1. The van der Waals surface area contributed by atoms with E-state index in [0.29, 0.717) is 6.54 Å². The quantitative estimate of drug-likeness (QED) is 0.858. The molecule has 6 heteroatoms. The molecule has 1 aliphatic heterocycles. The molecule has 4 nitrogen and oxygen atoms in total.